The van der Waals surface area contributed by atoms with Crippen LogP contribution in [-0.2, 0) is 0 Å². The Morgan fingerprint density at radius 3 is 2.62 bits per heavy atom. The maximum atomic E-state index is 12.8. The number of carbonyl (C=O) groups excluding carboxylic acids is 1. The summed E-state index contributed by atoms with van der Waals surface area (Å²) in [6.45, 7) is 2.04. The van der Waals surface area contributed by atoms with Gasteiger partial charge in [0.2, 0.25) is 0 Å². The molecule has 1 amide bonds. The summed E-state index contributed by atoms with van der Waals surface area (Å²) < 4.78 is 5.29. The zero-order valence-electron chi connectivity index (χ0n) is 17.6. The molecule has 160 valence electrons. The summed E-state index contributed by atoms with van der Waals surface area (Å²) in [5.74, 6) is 0.879. The fraction of sp³-hybridized carbons (Fsp3) is 0.0800. The minimum absolute atomic E-state index is 0.280. The van der Waals surface area contributed by atoms with Gasteiger partial charge in [-0.1, -0.05) is 41.4 Å². The van der Waals surface area contributed by atoms with Gasteiger partial charge in [-0.3, -0.25) is 4.79 Å². The van der Waals surface area contributed by atoms with Gasteiger partial charge in [0.15, 0.2) is 0 Å². The third kappa shape index (κ3) is 5.04. The van der Waals surface area contributed by atoms with Gasteiger partial charge in [0, 0.05) is 27.9 Å². The van der Waals surface area contributed by atoms with Crippen LogP contribution >= 0.6 is 11.6 Å². The zero-order valence-corrected chi connectivity index (χ0v) is 18.4. The van der Waals surface area contributed by atoms with Crippen LogP contribution in [0.5, 0.6) is 5.75 Å². The van der Waals surface area contributed by atoms with Gasteiger partial charge in [-0.2, -0.15) is 0 Å². The molecule has 1 aromatic heterocycles. The first-order chi connectivity index (χ1) is 15.5. The minimum atomic E-state index is -0.280. The number of halogens is 1. The molecule has 4 rings (SSSR count). The van der Waals surface area contributed by atoms with E-state index in [-0.39, 0.29) is 5.91 Å². The van der Waals surface area contributed by atoms with Gasteiger partial charge < -0.3 is 15.4 Å². The van der Waals surface area contributed by atoms with Gasteiger partial charge in [0.1, 0.15) is 17.9 Å². The lowest BCUT2D eigenvalue weighted by atomic mass is 10.1. The molecular weight excluding hydrogens is 424 g/mol. The number of aromatic nitrogens is 2. The fourth-order valence-electron chi connectivity index (χ4n) is 3.25. The van der Waals surface area contributed by atoms with Crippen molar-refractivity contribution in [1.82, 2.24) is 9.97 Å². The molecule has 0 aliphatic carbocycles. The van der Waals surface area contributed by atoms with E-state index in [9.17, 15) is 4.79 Å². The van der Waals surface area contributed by atoms with E-state index in [1.54, 1.807) is 36.4 Å². The highest BCUT2D eigenvalue weighted by atomic mass is 35.5. The second-order valence-electron chi connectivity index (χ2n) is 7.16. The summed E-state index contributed by atoms with van der Waals surface area (Å²) >= 11 is 6.06. The lowest BCUT2D eigenvalue weighted by Crippen LogP contribution is -2.13. The Hall–Kier alpha value is -3.90. The van der Waals surface area contributed by atoms with Crippen molar-refractivity contribution < 1.29 is 9.53 Å². The molecule has 0 aliphatic rings. The summed E-state index contributed by atoms with van der Waals surface area (Å²) in [5, 5.41) is 6.59. The van der Waals surface area contributed by atoms with Crippen LogP contribution in [0.25, 0.3) is 11.3 Å². The number of anilines is 3. The number of carbonyl (C=O) groups is 1. The average molecular weight is 445 g/mol. The molecule has 0 atom stereocenters. The maximum absolute atomic E-state index is 12.8. The molecule has 1 heterocycles. The molecule has 0 spiro atoms. The molecule has 0 saturated heterocycles. The molecular formula is C25H21ClN4O2. The van der Waals surface area contributed by atoms with Crippen LogP contribution in [0.1, 0.15) is 15.9 Å². The van der Waals surface area contributed by atoms with E-state index in [1.165, 1.54) is 13.4 Å². The summed E-state index contributed by atoms with van der Waals surface area (Å²) in [6.07, 6.45) is 1.52. The lowest BCUT2D eigenvalue weighted by Gasteiger charge is -2.12. The summed E-state index contributed by atoms with van der Waals surface area (Å²) in [6, 6.07) is 22.2. The third-order valence-corrected chi connectivity index (χ3v) is 5.02. The first-order valence-corrected chi connectivity index (χ1v) is 10.3. The summed E-state index contributed by atoms with van der Waals surface area (Å²) in [4.78, 5) is 21.5. The van der Waals surface area contributed by atoms with Crippen LogP contribution in [0.4, 0.5) is 17.2 Å². The van der Waals surface area contributed by atoms with Crippen LogP contribution in [0.3, 0.4) is 0 Å². The van der Waals surface area contributed by atoms with Crippen molar-refractivity contribution in [1.29, 1.82) is 0 Å². The lowest BCUT2D eigenvalue weighted by molar-refractivity contribution is 0.102. The number of aryl methyl sites for hydroxylation is 1. The van der Waals surface area contributed by atoms with E-state index >= 15 is 0 Å². The Morgan fingerprint density at radius 2 is 1.81 bits per heavy atom. The van der Waals surface area contributed by atoms with Crippen molar-refractivity contribution in [2.24, 2.45) is 0 Å². The van der Waals surface area contributed by atoms with Crippen molar-refractivity contribution in [3.8, 4) is 17.0 Å². The molecule has 6 nitrogen and oxygen atoms in total. The largest absolute Gasteiger partial charge is 0.495 e. The summed E-state index contributed by atoms with van der Waals surface area (Å²) in [5.41, 5.74) is 4.69. The molecule has 32 heavy (non-hydrogen) atoms. The Morgan fingerprint density at radius 1 is 0.969 bits per heavy atom. The Labute approximate surface area is 191 Å². The number of hydrogen-bond donors (Lipinski definition) is 2. The van der Waals surface area contributed by atoms with E-state index in [4.69, 9.17) is 16.3 Å². The monoisotopic (exact) mass is 444 g/mol. The normalized spacial score (nSPS) is 10.5. The highest BCUT2D eigenvalue weighted by Gasteiger charge is 2.11. The van der Waals surface area contributed by atoms with Crippen molar-refractivity contribution >= 4 is 34.7 Å². The second-order valence-corrected chi connectivity index (χ2v) is 7.60. The third-order valence-electron chi connectivity index (χ3n) is 4.79. The predicted octanol–water partition coefficient (Wildman–Crippen LogP) is 6.11. The number of nitrogens with zero attached hydrogens (tertiary/aromatic N) is 2. The summed E-state index contributed by atoms with van der Waals surface area (Å²) in [7, 11) is 1.54. The Balaban J connectivity index is 1.53. The van der Waals surface area contributed by atoms with Crippen molar-refractivity contribution in [2.75, 3.05) is 17.7 Å². The molecule has 2 N–H and O–H groups in total. The van der Waals surface area contributed by atoms with E-state index in [0.717, 1.165) is 22.5 Å². The molecule has 7 heteroatoms. The van der Waals surface area contributed by atoms with Gasteiger partial charge in [-0.25, -0.2) is 9.97 Å². The number of hydrogen-bond acceptors (Lipinski definition) is 5. The van der Waals surface area contributed by atoms with Crippen LogP contribution in [0.2, 0.25) is 5.02 Å². The molecule has 0 radical (unpaired) electrons. The minimum Gasteiger partial charge on any atom is -0.495 e. The van der Waals surface area contributed by atoms with Gasteiger partial charge in [0.05, 0.1) is 18.5 Å². The van der Waals surface area contributed by atoms with Gasteiger partial charge in [-0.05, 0) is 49.4 Å². The van der Waals surface area contributed by atoms with Gasteiger partial charge in [0.25, 0.3) is 5.91 Å². The highest BCUT2D eigenvalue weighted by molar-refractivity contribution is 6.31. The quantitative estimate of drug-likeness (QED) is 0.375. The number of methoxy groups -OCH3 is 1. The van der Waals surface area contributed by atoms with E-state index in [2.05, 4.69) is 26.7 Å². The number of amides is 1. The predicted molar refractivity (Wildman–Crippen MR) is 128 cm³/mol. The Kier molecular flexibility index (Phi) is 6.33. The molecule has 0 saturated carbocycles. The van der Waals surface area contributed by atoms with E-state index < -0.39 is 0 Å². The fourth-order valence-corrected chi connectivity index (χ4v) is 3.42. The first kappa shape index (κ1) is 21.3. The van der Waals surface area contributed by atoms with Crippen LogP contribution in [-0.4, -0.2) is 23.0 Å². The van der Waals surface area contributed by atoms with E-state index in [0.29, 0.717) is 27.8 Å². The van der Waals surface area contributed by atoms with Crippen LogP contribution in [0.15, 0.2) is 79.1 Å². The smallest absolute Gasteiger partial charge is 0.255 e. The van der Waals surface area contributed by atoms with E-state index in [1.807, 2.05) is 37.3 Å². The topological polar surface area (TPSA) is 76.1 Å². The van der Waals surface area contributed by atoms with Crippen LogP contribution < -0.4 is 15.4 Å². The highest BCUT2D eigenvalue weighted by Crippen LogP contribution is 2.28. The number of benzene rings is 3. The maximum Gasteiger partial charge on any atom is 0.255 e. The standard InChI is InChI=1S/C25H21ClN4O2/c1-16-5-3-6-17(11-16)21-14-24(28-15-27-21)29-20-8-4-7-18(12-20)25(31)30-22-13-19(26)9-10-23(22)32-2/h3-15H,1-2H3,(H,30,31)(H,27,28,29). The first-order valence-electron chi connectivity index (χ1n) is 9.93. The van der Waals surface area contributed by atoms with Gasteiger partial charge >= 0.3 is 0 Å². The zero-order chi connectivity index (χ0) is 22.5. The number of ether oxygens (including phenoxy) is 1. The second kappa shape index (κ2) is 9.49. The molecule has 0 fully saturated rings. The number of nitrogens with one attached hydrogen (secondary N) is 2. The van der Waals surface area contributed by atoms with Crippen molar-refractivity contribution in [3.63, 3.8) is 0 Å². The Bertz CT molecular complexity index is 1280. The molecule has 4 aromatic rings. The van der Waals surface area contributed by atoms with Crippen molar-refractivity contribution in [3.05, 3.63) is 95.3 Å². The average Bonchev–Trinajstić information content (AvgIpc) is 2.80. The van der Waals surface area contributed by atoms with Crippen molar-refractivity contribution in [2.45, 2.75) is 6.92 Å². The molecule has 0 unspecified atom stereocenters. The molecule has 0 aliphatic heterocycles. The number of rotatable bonds is 6. The SMILES string of the molecule is COc1ccc(Cl)cc1NC(=O)c1cccc(Nc2cc(-c3cccc(C)c3)ncn2)c1. The van der Waals surface area contributed by atoms with Crippen LogP contribution in [0, 0.1) is 6.92 Å². The molecule has 3 aromatic carbocycles. The molecule has 0 bridgehead atoms. The van der Waals surface area contributed by atoms with Gasteiger partial charge in [-0.15, -0.1) is 0 Å².